The second kappa shape index (κ2) is 6.31. The first-order valence-electron chi connectivity index (χ1n) is 7.05. The molecule has 1 aromatic rings. The van der Waals surface area contributed by atoms with Crippen LogP contribution in [0.15, 0.2) is 34.9 Å². The molecule has 7 nitrogen and oxygen atoms in total. The fourth-order valence-corrected chi connectivity index (χ4v) is 2.69. The lowest BCUT2D eigenvalue weighted by Crippen LogP contribution is -2.42. The summed E-state index contributed by atoms with van der Waals surface area (Å²) in [5, 5.41) is 2.18. The normalized spacial score (nSPS) is 17.4. The zero-order valence-electron chi connectivity index (χ0n) is 13.8. The van der Waals surface area contributed by atoms with Gasteiger partial charge in [0.1, 0.15) is 0 Å². The standard InChI is InChI=1S/C15H14F3NO6S/c1-14(2)24-12(20)9(13(21)25-14)7-19-11-5-4-8(26(3,22)23)6-10(11)15(16,17)18/h4-7,19H,1-3H3. The average Bonchev–Trinajstić information content (AvgIpc) is 2.43. The van der Waals surface area contributed by atoms with Gasteiger partial charge in [0.25, 0.3) is 5.79 Å². The molecular weight excluding hydrogens is 379 g/mol. The van der Waals surface area contributed by atoms with Crippen LogP contribution in [0.25, 0.3) is 0 Å². The zero-order valence-corrected chi connectivity index (χ0v) is 14.6. The molecule has 1 saturated heterocycles. The highest BCUT2D eigenvalue weighted by Gasteiger charge is 2.39. The van der Waals surface area contributed by atoms with Crippen molar-refractivity contribution >= 4 is 27.5 Å². The van der Waals surface area contributed by atoms with Gasteiger partial charge in [0.15, 0.2) is 15.4 Å². The number of hydrogen-bond donors (Lipinski definition) is 1. The SMILES string of the molecule is CC1(C)OC(=O)C(=CNc2ccc(S(C)(=O)=O)cc2C(F)(F)F)C(=O)O1. The second-order valence-corrected chi connectivity index (χ2v) is 7.87. The molecule has 0 atom stereocenters. The Morgan fingerprint density at radius 3 is 2.12 bits per heavy atom. The van der Waals surface area contributed by atoms with E-state index in [0.29, 0.717) is 12.3 Å². The number of hydrogen-bond acceptors (Lipinski definition) is 7. The van der Waals surface area contributed by atoms with E-state index >= 15 is 0 Å². The van der Waals surface area contributed by atoms with Gasteiger partial charge >= 0.3 is 18.1 Å². The first-order valence-corrected chi connectivity index (χ1v) is 8.94. The number of carbonyl (C=O) groups is 2. The number of cyclic esters (lactones) is 2. The minimum atomic E-state index is -4.88. The van der Waals surface area contributed by atoms with E-state index < -0.39 is 55.5 Å². The third kappa shape index (κ3) is 4.34. The molecule has 1 fully saturated rings. The lowest BCUT2D eigenvalue weighted by Gasteiger charge is -2.29. The van der Waals surface area contributed by atoms with Crippen LogP contribution in [0.5, 0.6) is 0 Å². The molecule has 0 aromatic heterocycles. The van der Waals surface area contributed by atoms with E-state index in [9.17, 15) is 31.2 Å². The topological polar surface area (TPSA) is 98.8 Å². The number of carbonyl (C=O) groups excluding carboxylic acids is 2. The molecule has 0 aliphatic carbocycles. The predicted octanol–water partition coefficient (Wildman–Crippen LogP) is 2.24. The van der Waals surface area contributed by atoms with Crippen molar-refractivity contribution in [3.05, 3.63) is 35.5 Å². The summed E-state index contributed by atoms with van der Waals surface area (Å²) < 4.78 is 72.1. The Kier molecular flexibility index (Phi) is 4.79. The summed E-state index contributed by atoms with van der Waals surface area (Å²) in [6.07, 6.45) is -3.39. The average molecular weight is 393 g/mol. The molecule has 1 N–H and O–H groups in total. The van der Waals surface area contributed by atoms with Crippen LogP contribution in [0.2, 0.25) is 0 Å². The van der Waals surface area contributed by atoms with Gasteiger partial charge < -0.3 is 14.8 Å². The van der Waals surface area contributed by atoms with E-state index in [1.165, 1.54) is 13.8 Å². The summed E-state index contributed by atoms with van der Waals surface area (Å²) in [5.74, 6) is -3.63. The van der Waals surface area contributed by atoms with E-state index in [1.54, 1.807) is 0 Å². The maximum absolute atomic E-state index is 13.2. The van der Waals surface area contributed by atoms with Gasteiger partial charge in [-0.3, -0.25) is 0 Å². The summed E-state index contributed by atoms with van der Waals surface area (Å²) in [6.45, 7) is 2.64. The zero-order chi connectivity index (χ0) is 19.9. The first kappa shape index (κ1) is 19.8. The molecule has 1 heterocycles. The number of ether oxygens (including phenoxy) is 2. The van der Waals surface area contributed by atoms with Crippen molar-refractivity contribution < 1.29 is 40.7 Å². The van der Waals surface area contributed by atoms with E-state index in [1.807, 2.05) is 0 Å². The maximum atomic E-state index is 13.2. The summed E-state index contributed by atoms with van der Waals surface area (Å²) in [6, 6.07) is 2.29. The Hall–Kier alpha value is -2.56. The largest absolute Gasteiger partial charge is 0.419 e. The van der Waals surface area contributed by atoms with Gasteiger partial charge in [0, 0.05) is 26.3 Å². The van der Waals surface area contributed by atoms with Crippen molar-refractivity contribution in [3.8, 4) is 0 Å². The Morgan fingerprint density at radius 2 is 1.65 bits per heavy atom. The van der Waals surface area contributed by atoms with E-state index in [4.69, 9.17) is 9.47 Å². The molecule has 0 unspecified atom stereocenters. The third-order valence-corrected chi connectivity index (χ3v) is 4.32. The van der Waals surface area contributed by atoms with Crippen LogP contribution in [0.4, 0.5) is 18.9 Å². The van der Waals surface area contributed by atoms with Gasteiger partial charge in [-0.15, -0.1) is 0 Å². The van der Waals surface area contributed by atoms with Crippen LogP contribution in [-0.2, 0) is 35.1 Å². The van der Waals surface area contributed by atoms with Gasteiger partial charge in [-0.05, 0) is 18.2 Å². The lowest BCUT2D eigenvalue weighted by molar-refractivity contribution is -0.222. The van der Waals surface area contributed by atoms with Crippen LogP contribution in [0.1, 0.15) is 19.4 Å². The minimum Gasteiger partial charge on any atom is -0.419 e. The highest BCUT2D eigenvalue weighted by molar-refractivity contribution is 7.90. The first-order chi connectivity index (χ1) is 11.7. The smallest absolute Gasteiger partial charge is 0.418 e. The van der Waals surface area contributed by atoms with Gasteiger partial charge in [0.2, 0.25) is 0 Å². The predicted molar refractivity (Wildman–Crippen MR) is 82.5 cm³/mol. The summed E-state index contributed by atoms with van der Waals surface area (Å²) in [4.78, 5) is 23.0. The fourth-order valence-electron chi connectivity index (χ4n) is 2.04. The van der Waals surface area contributed by atoms with Crippen LogP contribution in [-0.4, -0.2) is 32.4 Å². The molecule has 0 amide bonds. The van der Waals surface area contributed by atoms with Crippen molar-refractivity contribution in [2.24, 2.45) is 0 Å². The van der Waals surface area contributed by atoms with E-state index in [0.717, 1.165) is 18.4 Å². The Bertz CT molecular complexity index is 880. The number of benzene rings is 1. The van der Waals surface area contributed by atoms with Crippen molar-refractivity contribution in [2.75, 3.05) is 11.6 Å². The Balaban J connectivity index is 2.41. The summed E-state index contributed by atoms with van der Waals surface area (Å²) >= 11 is 0. The van der Waals surface area contributed by atoms with Gasteiger partial charge in [0.05, 0.1) is 16.1 Å². The molecule has 142 valence electrons. The van der Waals surface area contributed by atoms with Gasteiger partial charge in [-0.25, -0.2) is 18.0 Å². The number of sulfone groups is 1. The van der Waals surface area contributed by atoms with Crippen LogP contribution in [0.3, 0.4) is 0 Å². The third-order valence-electron chi connectivity index (χ3n) is 3.21. The summed E-state index contributed by atoms with van der Waals surface area (Å²) in [7, 11) is -3.86. The van der Waals surface area contributed by atoms with Crippen LogP contribution in [0, 0.1) is 0 Å². The molecule has 0 bridgehead atoms. The number of anilines is 1. The monoisotopic (exact) mass is 393 g/mol. The highest BCUT2D eigenvalue weighted by atomic mass is 32.2. The minimum absolute atomic E-state index is 0.455. The molecule has 0 spiro atoms. The van der Waals surface area contributed by atoms with Crippen molar-refractivity contribution in [3.63, 3.8) is 0 Å². The molecule has 26 heavy (non-hydrogen) atoms. The molecule has 1 aliphatic heterocycles. The molecule has 11 heteroatoms. The number of alkyl halides is 3. The van der Waals surface area contributed by atoms with Crippen molar-refractivity contribution in [1.29, 1.82) is 0 Å². The van der Waals surface area contributed by atoms with E-state index in [2.05, 4.69) is 5.32 Å². The second-order valence-electron chi connectivity index (χ2n) is 5.86. The van der Waals surface area contributed by atoms with E-state index in [-0.39, 0.29) is 0 Å². The number of halogens is 3. The highest BCUT2D eigenvalue weighted by Crippen LogP contribution is 2.36. The quantitative estimate of drug-likeness (QED) is 0.478. The number of nitrogens with one attached hydrogen (secondary N) is 1. The van der Waals surface area contributed by atoms with Gasteiger partial charge in [-0.2, -0.15) is 13.2 Å². The van der Waals surface area contributed by atoms with Crippen molar-refractivity contribution in [2.45, 2.75) is 30.7 Å². The number of esters is 2. The number of rotatable bonds is 3. The van der Waals surface area contributed by atoms with Crippen molar-refractivity contribution in [1.82, 2.24) is 0 Å². The Labute approximate surface area is 146 Å². The molecule has 0 radical (unpaired) electrons. The van der Waals surface area contributed by atoms with Crippen LogP contribution >= 0.6 is 0 Å². The Morgan fingerprint density at radius 1 is 1.12 bits per heavy atom. The molecule has 1 aliphatic rings. The molecular formula is C15H14F3NO6S. The summed E-state index contributed by atoms with van der Waals surface area (Å²) in [5.41, 5.74) is -2.47. The lowest BCUT2D eigenvalue weighted by atomic mass is 10.1. The molecule has 2 rings (SSSR count). The maximum Gasteiger partial charge on any atom is 0.418 e. The van der Waals surface area contributed by atoms with Gasteiger partial charge in [-0.1, -0.05) is 0 Å². The van der Waals surface area contributed by atoms with Crippen LogP contribution < -0.4 is 5.32 Å². The molecule has 1 aromatic carbocycles. The molecule has 0 saturated carbocycles. The fraction of sp³-hybridized carbons (Fsp3) is 0.333.